The standard InChI is InChI=1S/C13H18BrNO/c1-16-9-11(8-15-13-5-6-13)10-3-2-4-12(14)7-10/h2-4,7,11,13,15H,5-6,8-9H2,1H3. The van der Waals surface area contributed by atoms with Gasteiger partial charge in [-0.3, -0.25) is 0 Å². The fraction of sp³-hybridized carbons (Fsp3) is 0.538. The van der Waals surface area contributed by atoms with Gasteiger partial charge in [-0.25, -0.2) is 0 Å². The van der Waals surface area contributed by atoms with Crippen molar-refractivity contribution in [1.82, 2.24) is 5.32 Å². The van der Waals surface area contributed by atoms with Gasteiger partial charge in [0.1, 0.15) is 0 Å². The van der Waals surface area contributed by atoms with Crippen LogP contribution >= 0.6 is 15.9 Å². The van der Waals surface area contributed by atoms with Gasteiger partial charge >= 0.3 is 0 Å². The summed E-state index contributed by atoms with van der Waals surface area (Å²) in [6, 6.07) is 9.24. The Bertz CT molecular complexity index is 338. The van der Waals surface area contributed by atoms with Crippen LogP contribution in [0.3, 0.4) is 0 Å². The summed E-state index contributed by atoms with van der Waals surface area (Å²) in [7, 11) is 1.77. The maximum absolute atomic E-state index is 5.30. The lowest BCUT2D eigenvalue weighted by Gasteiger charge is -2.17. The van der Waals surface area contributed by atoms with E-state index in [-0.39, 0.29) is 0 Å². The quantitative estimate of drug-likeness (QED) is 0.867. The molecular formula is C13H18BrNO. The highest BCUT2D eigenvalue weighted by atomic mass is 79.9. The molecule has 1 aromatic carbocycles. The van der Waals surface area contributed by atoms with Crippen molar-refractivity contribution in [2.75, 3.05) is 20.3 Å². The Labute approximate surface area is 106 Å². The van der Waals surface area contributed by atoms with Crippen LogP contribution in [0.25, 0.3) is 0 Å². The van der Waals surface area contributed by atoms with E-state index in [0.717, 1.165) is 23.7 Å². The molecule has 1 aliphatic carbocycles. The normalized spacial score (nSPS) is 17.4. The van der Waals surface area contributed by atoms with Gasteiger partial charge in [-0.15, -0.1) is 0 Å². The highest BCUT2D eigenvalue weighted by Crippen LogP contribution is 2.23. The van der Waals surface area contributed by atoms with Crippen LogP contribution in [-0.2, 0) is 4.74 Å². The minimum atomic E-state index is 0.447. The average Bonchev–Trinajstić information content (AvgIpc) is 3.08. The highest BCUT2D eigenvalue weighted by molar-refractivity contribution is 9.10. The molecule has 1 aromatic rings. The Balaban J connectivity index is 1.98. The first kappa shape index (κ1) is 12.1. The third-order valence-corrected chi connectivity index (χ3v) is 3.41. The van der Waals surface area contributed by atoms with E-state index in [1.165, 1.54) is 18.4 Å². The molecule has 1 atom stereocenters. The van der Waals surface area contributed by atoms with Gasteiger partial charge in [0.15, 0.2) is 0 Å². The number of hydrogen-bond donors (Lipinski definition) is 1. The van der Waals surface area contributed by atoms with E-state index in [2.05, 4.69) is 45.5 Å². The number of nitrogens with one attached hydrogen (secondary N) is 1. The molecular weight excluding hydrogens is 266 g/mol. The molecule has 0 spiro atoms. The van der Waals surface area contributed by atoms with Gasteiger partial charge in [0.25, 0.3) is 0 Å². The van der Waals surface area contributed by atoms with Crippen molar-refractivity contribution >= 4 is 15.9 Å². The zero-order valence-corrected chi connectivity index (χ0v) is 11.2. The molecule has 0 aromatic heterocycles. The number of halogens is 1. The van der Waals surface area contributed by atoms with Crippen LogP contribution in [0.2, 0.25) is 0 Å². The lowest BCUT2D eigenvalue weighted by Crippen LogP contribution is -2.26. The lowest BCUT2D eigenvalue weighted by atomic mass is 10.00. The summed E-state index contributed by atoms with van der Waals surface area (Å²) in [5, 5.41) is 3.56. The Kier molecular flexibility index (Phi) is 4.38. The molecule has 0 heterocycles. The second kappa shape index (κ2) is 5.80. The molecule has 1 N–H and O–H groups in total. The summed E-state index contributed by atoms with van der Waals surface area (Å²) in [5.41, 5.74) is 1.34. The first-order valence-electron chi connectivity index (χ1n) is 5.77. The van der Waals surface area contributed by atoms with E-state index in [4.69, 9.17) is 4.74 Å². The molecule has 0 amide bonds. The molecule has 0 saturated heterocycles. The maximum atomic E-state index is 5.30. The van der Waals surface area contributed by atoms with Crippen molar-refractivity contribution in [2.24, 2.45) is 0 Å². The monoisotopic (exact) mass is 283 g/mol. The van der Waals surface area contributed by atoms with Gasteiger partial charge in [0.2, 0.25) is 0 Å². The van der Waals surface area contributed by atoms with Gasteiger partial charge in [-0.05, 0) is 30.5 Å². The number of ether oxygens (including phenoxy) is 1. The summed E-state index contributed by atoms with van der Waals surface area (Å²) in [6.07, 6.45) is 2.66. The topological polar surface area (TPSA) is 21.3 Å². The molecule has 3 heteroatoms. The fourth-order valence-electron chi connectivity index (χ4n) is 1.83. The van der Waals surface area contributed by atoms with E-state index < -0.39 is 0 Å². The molecule has 16 heavy (non-hydrogen) atoms. The van der Waals surface area contributed by atoms with Crippen molar-refractivity contribution in [1.29, 1.82) is 0 Å². The Hall–Kier alpha value is -0.380. The molecule has 1 aliphatic rings. The largest absolute Gasteiger partial charge is 0.384 e. The van der Waals surface area contributed by atoms with Crippen LogP contribution < -0.4 is 5.32 Å². The van der Waals surface area contributed by atoms with E-state index >= 15 is 0 Å². The van der Waals surface area contributed by atoms with Crippen LogP contribution in [0.5, 0.6) is 0 Å². The van der Waals surface area contributed by atoms with Gasteiger partial charge in [0, 0.05) is 30.1 Å². The highest BCUT2D eigenvalue weighted by Gasteiger charge is 2.22. The Morgan fingerprint density at radius 3 is 2.94 bits per heavy atom. The molecule has 0 bridgehead atoms. The minimum absolute atomic E-state index is 0.447. The third-order valence-electron chi connectivity index (χ3n) is 2.92. The zero-order chi connectivity index (χ0) is 11.4. The van der Waals surface area contributed by atoms with Crippen LogP contribution in [0, 0.1) is 0 Å². The number of hydrogen-bond acceptors (Lipinski definition) is 2. The van der Waals surface area contributed by atoms with Gasteiger partial charge in [-0.2, -0.15) is 0 Å². The van der Waals surface area contributed by atoms with Crippen LogP contribution in [0.15, 0.2) is 28.7 Å². The second-order valence-electron chi connectivity index (χ2n) is 4.39. The first-order valence-corrected chi connectivity index (χ1v) is 6.56. The fourth-order valence-corrected chi connectivity index (χ4v) is 2.25. The third kappa shape index (κ3) is 3.58. The van der Waals surface area contributed by atoms with Crippen molar-refractivity contribution in [2.45, 2.75) is 24.8 Å². The molecule has 1 unspecified atom stereocenters. The number of benzene rings is 1. The van der Waals surface area contributed by atoms with Crippen molar-refractivity contribution in [3.63, 3.8) is 0 Å². The van der Waals surface area contributed by atoms with Gasteiger partial charge in [-0.1, -0.05) is 28.1 Å². The summed E-state index contributed by atoms with van der Waals surface area (Å²) < 4.78 is 6.43. The SMILES string of the molecule is COCC(CNC1CC1)c1cccc(Br)c1. The molecule has 0 aliphatic heterocycles. The molecule has 2 rings (SSSR count). The predicted octanol–water partition coefficient (Wildman–Crippen LogP) is 2.93. The molecule has 0 radical (unpaired) electrons. The van der Waals surface area contributed by atoms with Crippen LogP contribution in [-0.4, -0.2) is 26.3 Å². The minimum Gasteiger partial charge on any atom is -0.384 e. The predicted molar refractivity (Wildman–Crippen MR) is 69.8 cm³/mol. The van der Waals surface area contributed by atoms with Gasteiger partial charge < -0.3 is 10.1 Å². The smallest absolute Gasteiger partial charge is 0.0543 e. The summed E-state index contributed by atoms with van der Waals surface area (Å²) >= 11 is 3.51. The second-order valence-corrected chi connectivity index (χ2v) is 5.31. The lowest BCUT2D eigenvalue weighted by molar-refractivity contribution is 0.177. The summed E-state index contributed by atoms with van der Waals surface area (Å²) in [6.45, 7) is 1.78. The van der Waals surface area contributed by atoms with Crippen LogP contribution in [0.4, 0.5) is 0 Å². The van der Waals surface area contributed by atoms with E-state index in [9.17, 15) is 0 Å². The van der Waals surface area contributed by atoms with Crippen molar-refractivity contribution in [3.05, 3.63) is 34.3 Å². The van der Waals surface area contributed by atoms with E-state index in [0.29, 0.717) is 5.92 Å². The maximum Gasteiger partial charge on any atom is 0.0543 e. The Morgan fingerprint density at radius 1 is 1.50 bits per heavy atom. The van der Waals surface area contributed by atoms with Crippen molar-refractivity contribution in [3.8, 4) is 0 Å². The summed E-state index contributed by atoms with van der Waals surface area (Å²) in [5.74, 6) is 0.447. The molecule has 1 saturated carbocycles. The molecule has 88 valence electrons. The Morgan fingerprint density at radius 2 is 2.31 bits per heavy atom. The molecule has 2 nitrogen and oxygen atoms in total. The number of methoxy groups -OCH3 is 1. The van der Waals surface area contributed by atoms with Crippen molar-refractivity contribution < 1.29 is 4.74 Å². The number of rotatable bonds is 6. The summed E-state index contributed by atoms with van der Waals surface area (Å²) in [4.78, 5) is 0. The zero-order valence-electron chi connectivity index (χ0n) is 9.58. The van der Waals surface area contributed by atoms with E-state index in [1.54, 1.807) is 7.11 Å². The molecule has 1 fully saturated rings. The van der Waals surface area contributed by atoms with Gasteiger partial charge in [0.05, 0.1) is 6.61 Å². The average molecular weight is 284 g/mol. The first-order chi connectivity index (χ1) is 7.79. The van der Waals surface area contributed by atoms with Crippen LogP contribution in [0.1, 0.15) is 24.3 Å². The van der Waals surface area contributed by atoms with E-state index in [1.807, 2.05) is 0 Å².